The van der Waals surface area contributed by atoms with Gasteiger partial charge in [0.15, 0.2) is 0 Å². The number of amides is 2. The maximum Gasteiger partial charge on any atom is 0.261 e. The predicted octanol–water partition coefficient (Wildman–Crippen LogP) is 25.7. The fourth-order valence-corrected chi connectivity index (χ4v) is 18.2. The van der Waals surface area contributed by atoms with Crippen LogP contribution in [0.5, 0.6) is 0 Å². The highest BCUT2D eigenvalue weighted by molar-refractivity contribution is 7.33. The summed E-state index contributed by atoms with van der Waals surface area (Å²) in [5, 5.41) is 0. The van der Waals surface area contributed by atoms with Crippen LogP contribution in [0.1, 0.15) is 327 Å². The Hall–Kier alpha value is -2.52. The van der Waals surface area contributed by atoms with Crippen molar-refractivity contribution < 1.29 is 9.59 Å². The molecule has 0 bridgehead atoms. The van der Waals surface area contributed by atoms with E-state index in [0.29, 0.717) is 29.5 Å². The Morgan fingerprint density at radius 2 is 0.768 bits per heavy atom. The number of fused-ring (bicyclic) bond motifs is 2. The maximum atomic E-state index is 15.5. The number of nitrogens with zero attached hydrogens (tertiary/aromatic N) is 2. The summed E-state index contributed by atoms with van der Waals surface area (Å²) in [6.45, 7) is 17.3. The molecule has 2 aliphatic rings. The summed E-state index contributed by atoms with van der Waals surface area (Å²) in [5.41, 5.74) is 4.78. The quantitative estimate of drug-likeness (QED) is 0.0414. The standard InChI is InChI=1S/C74H118N2O2S4/c1-8-13-18-23-28-31-32-35-40-45-50-62-71(65-52-51-58(6)79-65)82-67-55-66(81-72(62)67)63-53-54-64(80-63)70-69-68(73(77)76(70)57-61(48-42-37-27-22-17-12-5)49-44-39-34-30-25-20-15-10-3)59(7)75(74(69)78)56-60(46-41-36-26-21-16-11-4)47-43-38-33-29-24-19-14-9-2/h51-55,60-61H,8-50,56-57H2,1-7H3. The molecule has 0 aliphatic carbocycles. The summed E-state index contributed by atoms with van der Waals surface area (Å²) >= 11 is 7.74. The zero-order chi connectivity index (χ0) is 58.2. The van der Waals surface area contributed by atoms with Gasteiger partial charge in [0, 0.05) is 52.6 Å². The van der Waals surface area contributed by atoms with Crippen LogP contribution < -0.4 is 0 Å². The third kappa shape index (κ3) is 22.0. The monoisotopic (exact) mass is 1190 g/mol. The largest absolute Gasteiger partial charge is 0.311 e. The van der Waals surface area contributed by atoms with E-state index in [2.05, 4.69) is 88.6 Å². The average molecular weight is 1200 g/mol. The molecular weight excluding hydrogens is 1080 g/mol. The van der Waals surface area contributed by atoms with Crippen LogP contribution in [0.15, 0.2) is 47.2 Å². The Morgan fingerprint density at radius 3 is 1.21 bits per heavy atom. The van der Waals surface area contributed by atoms with E-state index in [1.165, 1.54) is 291 Å². The third-order valence-corrected chi connectivity index (χ3v) is 23.4. The zero-order valence-electron chi connectivity index (χ0n) is 53.7. The summed E-state index contributed by atoms with van der Waals surface area (Å²) in [6, 6.07) is 11.7. The molecule has 2 unspecified atom stereocenters. The van der Waals surface area contributed by atoms with Crippen LogP contribution in [0, 0.1) is 18.8 Å². The van der Waals surface area contributed by atoms with Crippen LogP contribution in [-0.4, -0.2) is 34.7 Å². The number of carbonyl (C=O) groups is 2. The second-order valence-electron chi connectivity index (χ2n) is 25.6. The van der Waals surface area contributed by atoms with Gasteiger partial charge in [-0.05, 0) is 100 Å². The number of unbranched alkanes of at least 4 members (excludes halogenated alkanes) is 33. The van der Waals surface area contributed by atoms with E-state index in [-0.39, 0.29) is 11.8 Å². The second kappa shape index (κ2) is 40.0. The summed E-state index contributed by atoms with van der Waals surface area (Å²) < 4.78 is 2.87. The fraction of sp³-hybridized carbons (Fsp3) is 0.730. The summed E-state index contributed by atoms with van der Waals surface area (Å²) in [5.74, 6) is 1.03. The van der Waals surface area contributed by atoms with Crippen molar-refractivity contribution in [2.45, 2.75) is 325 Å². The zero-order valence-corrected chi connectivity index (χ0v) is 57.0. The molecular formula is C74H118N2O2S4. The number of carbonyl (C=O) groups excluding carboxylic acids is 2. The molecule has 460 valence electrons. The first-order chi connectivity index (χ1) is 40.2. The molecule has 82 heavy (non-hydrogen) atoms. The van der Waals surface area contributed by atoms with Gasteiger partial charge in [-0.1, -0.05) is 272 Å². The number of aryl methyl sites for hydroxylation is 2. The summed E-state index contributed by atoms with van der Waals surface area (Å²) in [6.07, 6.45) is 55.9. The molecule has 8 heteroatoms. The lowest BCUT2D eigenvalue weighted by Gasteiger charge is -2.29. The average Bonchev–Trinajstić information content (AvgIpc) is 2.18. The molecule has 2 atom stereocenters. The van der Waals surface area contributed by atoms with Gasteiger partial charge in [-0.15, -0.1) is 45.3 Å². The Morgan fingerprint density at radius 1 is 0.378 bits per heavy atom. The molecule has 0 saturated carbocycles. The molecule has 0 spiro atoms. The van der Waals surface area contributed by atoms with Crippen molar-refractivity contribution in [3.05, 3.63) is 62.5 Å². The van der Waals surface area contributed by atoms with Gasteiger partial charge in [0.05, 0.1) is 21.7 Å². The van der Waals surface area contributed by atoms with E-state index >= 15 is 9.59 Å². The van der Waals surface area contributed by atoms with Crippen molar-refractivity contribution in [1.82, 2.24) is 9.80 Å². The molecule has 0 aromatic carbocycles. The van der Waals surface area contributed by atoms with Gasteiger partial charge in [0.2, 0.25) is 0 Å². The van der Waals surface area contributed by atoms with E-state index in [9.17, 15) is 0 Å². The molecule has 0 saturated heterocycles. The normalized spacial score (nSPS) is 14.6. The van der Waals surface area contributed by atoms with Gasteiger partial charge in [0.1, 0.15) is 0 Å². The Labute approximate surface area is 519 Å². The van der Waals surface area contributed by atoms with Crippen LogP contribution in [0.2, 0.25) is 0 Å². The SMILES string of the molecule is CCCCCCCCCCCCc1c(-c2ccc(C)s2)sc2cc(-c3ccc(C4=C5C(=O)N(CC(CCCCCCCC)CCCCCCCCCC)C(C)=C5C(=O)N4CC(CCCCCCCC)CCCCCCCCCC)s3)sc12. The van der Waals surface area contributed by atoms with E-state index in [1.54, 1.807) is 5.56 Å². The first kappa shape index (κ1) is 68.6. The highest BCUT2D eigenvalue weighted by Crippen LogP contribution is 2.51. The third-order valence-electron chi connectivity index (χ3n) is 18.5. The molecule has 6 rings (SSSR count). The molecule has 4 aromatic rings. The minimum atomic E-state index is 0.0808. The van der Waals surface area contributed by atoms with Crippen LogP contribution >= 0.6 is 45.3 Å². The van der Waals surface area contributed by atoms with Crippen LogP contribution in [0.4, 0.5) is 0 Å². The van der Waals surface area contributed by atoms with Gasteiger partial charge < -0.3 is 9.80 Å². The maximum absolute atomic E-state index is 15.5. The Kier molecular flexibility index (Phi) is 33.5. The second-order valence-corrected chi connectivity index (χ2v) is 30.1. The summed E-state index contributed by atoms with van der Waals surface area (Å²) in [4.78, 5) is 43.1. The van der Waals surface area contributed by atoms with Crippen molar-refractivity contribution in [2.24, 2.45) is 11.8 Å². The molecule has 2 aliphatic heterocycles. The van der Waals surface area contributed by atoms with E-state index in [1.807, 2.05) is 45.3 Å². The van der Waals surface area contributed by atoms with Gasteiger partial charge in [-0.2, -0.15) is 0 Å². The minimum Gasteiger partial charge on any atom is -0.311 e. The number of hydrogen-bond acceptors (Lipinski definition) is 6. The predicted molar refractivity (Wildman–Crippen MR) is 367 cm³/mol. The Balaban J connectivity index is 1.28. The lowest BCUT2D eigenvalue weighted by Crippen LogP contribution is -2.34. The smallest absolute Gasteiger partial charge is 0.261 e. The summed E-state index contributed by atoms with van der Waals surface area (Å²) in [7, 11) is 0. The molecule has 0 fully saturated rings. The van der Waals surface area contributed by atoms with Gasteiger partial charge in [-0.3, -0.25) is 9.59 Å². The molecule has 6 heterocycles. The highest BCUT2D eigenvalue weighted by Gasteiger charge is 2.48. The number of hydrogen-bond donors (Lipinski definition) is 0. The Bertz CT molecular complexity index is 2460. The van der Waals surface area contributed by atoms with Gasteiger partial charge >= 0.3 is 0 Å². The number of allylic oxidation sites excluding steroid dienone is 1. The van der Waals surface area contributed by atoms with Gasteiger partial charge in [0.25, 0.3) is 11.8 Å². The minimum absolute atomic E-state index is 0.0808. The van der Waals surface area contributed by atoms with Crippen molar-refractivity contribution in [2.75, 3.05) is 13.1 Å². The lowest BCUT2D eigenvalue weighted by atomic mass is 9.93. The van der Waals surface area contributed by atoms with Crippen LogP contribution in [0.25, 0.3) is 34.6 Å². The lowest BCUT2D eigenvalue weighted by molar-refractivity contribution is -0.125. The highest BCUT2D eigenvalue weighted by atomic mass is 32.1. The fourth-order valence-electron chi connectivity index (χ4n) is 13.4. The van der Waals surface area contributed by atoms with E-state index in [4.69, 9.17) is 0 Å². The van der Waals surface area contributed by atoms with Crippen molar-refractivity contribution in [1.29, 1.82) is 0 Å². The van der Waals surface area contributed by atoms with Crippen LogP contribution in [-0.2, 0) is 16.0 Å². The van der Waals surface area contributed by atoms with Crippen molar-refractivity contribution in [3.8, 4) is 19.5 Å². The van der Waals surface area contributed by atoms with E-state index < -0.39 is 0 Å². The molecule has 4 aromatic heterocycles. The van der Waals surface area contributed by atoms with Crippen molar-refractivity contribution in [3.63, 3.8) is 0 Å². The van der Waals surface area contributed by atoms with Crippen LogP contribution in [0.3, 0.4) is 0 Å². The molecule has 0 radical (unpaired) electrons. The molecule has 4 nitrogen and oxygen atoms in total. The number of rotatable bonds is 50. The molecule has 2 amide bonds. The first-order valence-electron chi connectivity index (χ1n) is 35.1. The molecule has 0 N–H and O–H groups in total. The number of thiophene rings is 4. The van der Waals surface area contributed by atoms with E-state index in [0.717, 1.165) is 42.1 Å². The first-order valence-corrected chi connectivity index (χ1v) is 38.3. The van der Waals surface area contributed by atoms with Gasteiger partial charge in [-0.25, -0.2) is 0 Å². The topological polar surface area (TPSA) is 40.6 Å². The van der Waals surface area contributed by atoms with Crippen molar-refractivity contribution >= 4 is 72.3 Å².